The van der Waals surface area contributed by atoms with Crippen LogP contribution in [0.15, 0.2) is 23.4 Å². The van der Waals surface area contributed by atoms with Crippen LogP contribution in [0, 0.1) is 11.8 Å². The minimum Gasteiger partial charge on any atom is -0.251 e. The summed E-state index contributed by atoms with van der Waals surface area (Å²) in [6, 6.07) is 2.56. The summed E-state index contributed by atoms with van der Waals surface area (Å²) >= 11 is 0. The third kappa shape index (κ3) is 3.19. The molecule has 0 radical (unpaired) electrons. The maximum atomic E-state index is 12.4. The van der Waals surface area contributed by atoms with Crippen molar-refractivity contribution in [3.63, 3.8) is 0 Å². The van der Waals surface area contributed by atoms with Crippen molar-refractivity contribution < 1.29 is 13.2 Å². The molecule has 0 amide bonds. The quantitative estimate of drug-likeness (QED) is 0.314. The lowest BCUT2D eigenvalue weighted by Gasteiger charge is -2.06. The number of nitrogens with zero attached hydrogens (tertiary/aromatic N) is 4. The predicted octanol–water partition coefficient (Wildman–Crippen LogP) is 2.76. The second-order valence-corrected chi connectivity index (χ2v) is 2.59. The first-order chi connectivity index (χ1) is 7.55. The lowest BCUT2D eigenvalue weighted by Crippen LogP contribution is -2.10. The summed E-state index contributed by atoms with van der Waals surface area (Å²) in [7, 11) is 0. The molecule has 1 aromatic rings. The first kappa shape index (κ1) is 11.9. The number of azide groups is 1. The van der Waals surface area contributed by atoms with Gasteiger partial charge in [-0.25, -0.2) is 0 Å². The van der Waals surface area contributed by atoms with Crippen LogP contribution >= 0.6 is 0 Å². The molecule has 0 atom stereocenters. The van der Waals surface area contributed by atoms with E-state index in [0.29, 0.717) is 0 Å². The normalized spacial score (nSPS) is 9.94. The molecule has 7 heteroatoms. The van der Waals surface area contributed by atoms with E-state index in [1.54, 1.807) is 0 Å². The molecular weight excluding hydrogens is 221 g/mol. The van der Waals surface area contributed by atoms with E-state index in [4.69, 9.17) is 5.53 Å². The molecule has 82 valence electrons. The summed E-state index contributed by atoms with van der Waals surface area (Å²) in [5.41, 5.74) is 6.67. The molecule has 1 rings (SSSR count). The van der Waals surface area contributed by atoms with Gasteiger partial charge in [-0.1, -0.05) is 17.0 Å². The molecule has 4 nitrogen and oxygen atoms in total. The smallest absolute Gasteiger partial charge is 0.251 e. The molecule has 16 heavy (non-hydrogen) atoms. The van der Waals surface area contributed by atoms with Crippen molar-refractivity contribution in [3.8, 4) is 11.8 Å². The van der Waals surface area contributed by atoms with Crippen molar-refractivity contribution in [1.82, 2.24) is 4.98 Å². The van der Waals surface area contributed by atoms with E-state index in [2.05, 4.69) is 26.9 Å². The molecule has 0 aliphatic rings. The van der Waals surface area contributed by atoms with Gasteiger partial charge in [-0.15, -0.1) is 0 Å². The van der Waals surface area contributed by atoms with Crippen molar-refractivity contribution in [2.75, 3.05) is 6.54 Å². The average Bonchev–Trinajstić information content (AvgIpc) is 2.24. The molecule has 1 aromatic heterocycles. The molecule has 0 aliphatic carbocycles. The van der Waals surface area contributed by atoms with Crippen LogP contribution in [0.5, 0.6) is 0 Å². The summed E-state index contributed by atoms with van der Waals surface area (Å²) in [6.07, 6.45) is -3.49. The van der Waals surface area contributed by atoms with Crippen molar-refractivity contribution in [2.45, 2.75) is 6.18 Å². The van der Waals surface area contributed by atoms with Crippen molar-refractivity contribution in [3.05, 3.63) is 40.0 Å². The van der Waals surface area contributed by atoms with E-state index in [-0.39, 0.29) is 12.1 Å². The second kappa shape index (κ2) is 5.05. The SMILES string of the molecule is [N-]=[N+]=NCC#Cc1cccnc1C(F)(F)F. The fourth-order valence-corrected chi connectivity index (χ4v) is 0.934. The molecule has 0 saturated heterocycles. The van der Waals surface area contributed by atoms with Gasteiger partial charge in [0, 0.05) is 11.1 Å². The van der Waals surface area contributed by atoms with Crippen molar-refractivity contribution in [2.24, 2.45) is 5.11 Å². The topological polar surface area (TPSA) is 61.7 Å². The molecule has 0 aromatic carbocycles. The zero-order valence-electron chi connectivity index (χ0n) is 7.86. The third-order valence-corrected chi connectivity index (χ3v) is 1.51. The fraction of sp³-hybridized carbons (Fsp3) is 0.222. The highest BCUT2D eigenvalue weighted by molar-refractivity contribution is 5.39. The number of hydrogen-bond donors (Lipinski definition) is 0. The molecule has 0 saturated carbocycles. The maximum absolute atomic E-state index is 12.4. The lowest BCUT2D eigenvalue weighted by molar-refractivity contribution is -0.141. The van der Waals surface area contributed by atoms with Gasteiger partial charge in [-0.3, -0.25) is 4.98 Å². The average molecular weight is 226 g/mol. The Morgan fingerprint density at radius 3 is 2.88 bits per heavy atom. The number of pyridine rings is 1. The van der Waals surface area contributed by atoms with Gasteiger partial charge in [0.15, 0.2) is 5.69 Å². The van der Waals surface area contributed by atoms with Crippen molar-refractivity contribution >= 4 is 0 Å². The summed E-state index contributed by atoms with van der Waals surface area (Å²) in [4.78, 5) is 5.64. The Balaban J connectivity index is 3.03. The van der Waals surface area contributed by atoms with Crippen LogP contribution in [0.1, 0.15) is 11.3 Å². The van der Waals surface area contributed by atoms with Crippen LogP contribution in [0.4, 0.5) is 13.2 Å². The number of halogens is 3. The molecule has 1 heterocycles. The lowest BCUT2D eigenvalue weighted by atomic mass is 10.2. The molecule has 0 N–H and O–H groups in total. The number of aromatic nitrogens is 1. The number of hydrogen-bond acceptors (Lipinski definition) is 2. The Labute approximate surface area is 88.7 Å². The van der Waals surface area contributed by atoms with Crippen LogP contribution in [-0.4, -0.2) is 11.5 Å². The van der Waals surface area contributed by atoms with Gasteiger partial charge >= 0.3 is 6.18 Å². The molecule has 0 bridgehead atoms. The summed E-state index contributed by atoms with van der Waals surface area (Å²) in [5, 5.41) is 3.08. The highest BCUT2D eigenvalue weighted by atomic mass is 19.4. The highest BCUT2D eigenvalue weighted by Crippen LogP contribution is 2.29. The third-order valence-electron chi connectivity index (χ3n) is 1.51. The minimum absolute atomic E-state index is 0.178. The molecule has 0 aliphatic heterocycles. The Morgan fingerprint density at radius 2 is 2.25 bits per heavy atom. The fourth-order valence-electron chi connectivity index (χ4n) is 0.934. The Bertz CT molecular complexity index is 478. The monoisotopic (exact) mass is 226 g/mol. The molecule has 0 unspecified atom stereocenters. The van der Waals surface area contributed by atoms with Gasteiger partial charge in [-0.05, 0) is 17.7 Å². The van der Waals surface area contributed by atoms with Crippen LogP contribution in [0.3, 0.4) is 0 Å². The van der Waals surface area contributed by atoms with Gasteiger partial charge in [-0.2, -0.15) is 13.2 Å². The largest absolute Gasteiger partial charge is 0.434 e. The van der Waals surface area contributed by atoms with E-state index < -0.39 is 11.9 Å². The van der Waals surface area contributed by atoms with E-state index in [1.165, 1.54) is 12.1 Å². The van der Waals surface area contributed by atoms with E-state index >= 15 is 0 Å². The zero-order valence-corrected chi connectivity index (χ0v) is 7.86. The summed E-state index contributed by atoms with van der Waals surface area (Å²) in [5.74, 6) is 4.56. The van der Waals surface area contributed by atoms with Gasteiger partial charge in [0.2, 0.25) is 0 Å². The number of alkyl halides is 3. The van der Waals surface area contributed by atoms with Crippen molar-refractivity contribution in [1.29, 1.82) is 0 Å². The second-order valence-electron chi connectivity index (χ2n) is 2.59. The maximum Gasteiger partial charge on any atom is 0.434 e. The molecule has 0 spiro atoms. The number of rotatable bonds is 1. The van der Waals surface area contributed by atoms with Crippen LogP contribution in [0.25, 0.3) is 10.4 Å². The van der Waals surface area contributed by atoms with E-state index in [0.717, 1.165) is 6.20 Å². The summed E-state index contributed by atoms with van der Waals surface area (Å²) in [6.45, 7) is -0.178. The van der Waals surface area contributed by atoms with Crippen LogP contribution < -0.4 is 0 Å². The minimum atomic E-state index is -4.54. The summed E-state index contributed by atoms with van der Waals surface area (Å²) < 4.78 is 37.2. The first-order valence-electron chi connectivity index (χ1n) is 4.07. The Morgan fingerprint density at radius 1 is 1.50 bits per heavy atom. The Hall–Kier alpha value is -2.19. The van der Waals surface area contributed by atoms with Gasteiger partial charge < -0.3 is 0 Å². The van der Waals surface area contributed by atoms with E-state index in [1.807, 2.05) is 0 Å². The zero-order chi connectivity index (χ0) is 12.0. The van der Waals surface area contributed by atoms with Gasteiger partial charge in [0.25, 0.3) is 0 Å². The molecular formula is C9H5F3N4. The van der Waals surface area contributed by atoms with Crippen LogP contribution in [-0.2, 0) is 6.18 Å². The molecule has 0 fully saturated rings. The van der Waals surface area contributed by atoms with Crippen LogP contribution in [0.2, 0.25) is 0 Å². The Kier molecular flexibility index (Phi) is 3.75. The van der Waals surface area contributed by atoms with Gasteiger partial charge in [0.05, 0.1) is 12.1 Å². The highest BCUT2D eigenvalue weighted by Gasteiger charge is 2.34. The first-order valence-corrected chi connectivity index (χ1v) is 4.07. The predicted molar refractivity (Wildman–Crippen MR) is 50.1 cm³/mol. The van der Waals surface area contributed by atoms with E-state index in [9.17, 15) is 13.2 Å². The standard InChI is InChI=1S/C9H5F3N4/c10-9(11,12)8-7(3-1-5-14-8)4-2-6-15-16-13/h1,3,5H,6H2. The van der Waals surface area contributed by atoms with Gasteiger partial charge in [0.1, 0.15) is 0 Å².